The summed E-state index contributed by atoms with van der Waals surface area (Å²) in [4.78, 5) is 7.32. The molecular formula is C28H30N2. The molecule has 0 atom stereocenters. The lowest BCUT2D eigenvalue weighted by atomic mass is 10.1. The second-order valence-corrected chi connectivity index (χ2v) is 7.97. The Balaban J connectivity index is 1.52. The molecule has 4 rings (SSSR count). The molecule has 1 heterocycles. The summed E-state index contributed by atoms with van der Waals surface area (Å²) in [6.07, 6.45) is 4.51. The van der Waals surface area contributed by atoms with Crippen molar-refractivity contribution in [3.8, 4) is 0 Å². The molecule has 0 saturated heterocycles. The molecule has 152 valence electrons. The summed E-state index contributed by atoms with van der Waals surface area (Å²) in [6.45, 7) is 4.20. The van der Waals surface area contributed by atoms with Crippen LogP contribution in [0.3, 0.4) is 0 Å². The SMILES string of the molecule is Cc1cc(N(CCCc2ccccc2)CCCc2ccccc2)c2ccccc2n1. The molecule has 0 spiro atoms. The molecule has 0 fully saturated rings. The van der Waals surface area contributed by atoms with E-state index in [4.69, 9.17) is 4.98 Å². The van der Waals surface area contributed by atoms with E-state index in [9.17, 15) is 0 Å². The van der Waals surface area contributed by atoms with E-state index in [1.165, 1.54) is 22.2 Å². The molecule has 0 aliphatic carbocycles. The Kier molecular flexibility index (Phi) is 6.76. The fourth-order valence-electron chi connectivity index (χ4n) is 4.14. The van der Waals surface area contributed by atoms with E-state index >= 15 is 0 Å². The van der Waals surface area contributed by atoms with Gasteiger partial charge in [0.2, 0.25) is 0 Å². The first kappa shape index (κ1) is 20.2. The molecule has 1 aromatic heterocycles. The number of anilines is 1. The Morgan fingerprint density at radius 1 is 0.667 bits per heavy atom. The van der Waals surface area contributed by atoms with Gasteiger partial charge in [0.25, 0.3) is 0 Å². The number of hydrogen-bond acceptors (Lipinski definition) is 2. The molecule has 0 aliphatic heterocycles. The van der Waals surface area contributed by atoms with Crippen molar-refractivity contribution in [2.24, 2.45) is 0 Å². The smallest absolute Gasteiger partial charge is 0.0726 e. The molecule has 3 aromatic carbocycles. The summed E-state index contributed by atoms with van der Waals surface area (Å²) in [5.74, 6) is 0. The van der Waals surface area contributed by atoms with Crippen LogP contribution in [-0.4, -0.2) is 18.1 Å². The molecule has 0 N–H and O–H groups in total. The zero-order valence-corrected chi connectivity index (χ0v) is 17.8. The van der Waals surface area contributed by atoms with E-state index in [1.807, 2.05) is 0 Å². The van der Waals surface area contributed by atoms with Crippen molar-refractivity contribution < 1.29 is 0 Å². The van der Waals surface area contributed by atoms with Crippen LogP contribution in [0.15, 0.2) is 91.0 Å². The van der Waals surface area contributed by atoms with E-state index in [-0.39, 0.29) is 0 Å². The third-order valence-corrected chi connectivity index (χ3v) is 5.64. The highest BCUT2D eigenvalue weighted by molar-refractivity contribution is 5.91. The van der Waals surface area contributed by atoms with Gasteiger partial charge in [-0.25, -0.2) is 0 Å². The number of rotatable bonds is 9. The van der Waals surface area contributed by atoms with Crippen molar-refractivity contribution in [2.45, 2.75) is 32.6 Å². The van der Waals surface area contributed by atoms with Gasteiger partial charge in [0, 0.05) is 29.9 Å². The molecule has 2 nitrogen and oxygen atoms in total. The van der Waals surface area contributed by atoms with Crippen LogP contribution < -0.4 is 4.90 Å². The minimum Gasteiger partial charge on any atom is -0.371 e. The van der Waals surface area contributed by atoms with Gasteiger partial charge < -0.3 is 4.90 Å². The van der Waals surface area contributed by atoms with Crippen molar-refractivity contribution >= 4 is 16.6 Å². The van der Waals surface area contributed by atoms with Crippen LogP contribution in [0.2, 0.25) is 0 Å². The normalized spacial score (nSPS) is 11.0. The van der Waals surface area contributed by atoms with Crippen molar-refractivity contribution in [3.05, 3.63) is 108 Å². The molecular weight excluding hydrogens is 364 g/mol. The van der Waals surface area contributed by atoms with Crippen LogP contribution >= 0.6 is 0 Å². The van der Waals surface area contributed by atoms with Crippen molar-refractivity contribution in [2.75, 3.05) is 18.0 Å². The van der Waals surface area contributed by atoms with Gasteiger partial charge in [-0.1, -0.05) is 78.9 Å². The van der Waals surface area contributed by atoms with Crippen molar-refractivity contribution in [3.63, 3.8) is 0 Å². The Morgan fingerprint density at radius 2 is 1.20 bits per heavy atom. The van der Waals surface area contributed by atoms with Crippen LogP contribution in [0, 0.1) is 6.92 Å². The van der Waals surface area contributed by atoms with Crippen molar-refractivity contribution in [1.82, 2.24) is 4.98 Å². The van der Waals surface area contributed by atoms with Crippen molar-refractivity contribution in [1.29, 1.82) is 0 Å². The van der Waals surface area contributed by atoms with Gasteiger partial charge >= 0.3 is 0 Å². The van der Waals surface area contributed by atoms with Gasteiger partial charge in [-0.05, 0) is 55.9 Å². The molecule has 0 amide bonds. The lowest BCUT2D eigenvalue weighted by molar-refractivity contribution is 0.694. The monoisotopic (exact) mass is 394 g/mol. The first-order valence-electron chi connectivity index (χ1n) is 11.0. The Morgan fingerprint density at radius 3 is 1.80 bits per heavy atom. The topological polar surface area (TPSA) is 16.1 Å². The predicted octanol–water partition coefficient (Wildman–Crippen LogP) is 6.62. The van der Waals surface area contributed by atoms with E-state index in [0.29, 0.717) is 0 Å². The molecule has 0 radical (unpaired) electrons. The first-order valence-corrected chi connectivity index (χ1v) is 11.0. The zero-order valence-electron chi connectivity index (χ0n) is 17.8. The Bertz CT molecular complexity index is 1010. The number of aromatic nitrogens is 1. The molecule has 0 bridgehead atoms. The lowest BCUT2D eigenvalue weighted by Crippen LogP contribution is -2.27. The minimum atomic E-state index is 1.05. The van der Waals surface area contributed by atoms with Crippen LogP contribution in [0.25, 0.3) is 10.9 Å². The van der Waals surface area contributed by atoms with E-state index in [1.54, 1.807) is 0 Å². The maximum Gasteiger partial charge on any atom is 0.0726 e. The number of aryl methyl sites for hydroxylation is 3. The number of para-hydroxylation sites is 1. The molecule has 2 heteroatoms. The number of fused-ring (bicyclic) bond motifs is 1. The standard InChI is InChI=1S/C28H30N2/c1-23-22-28(26-18-8-9-19-27(26)29-23)30(20-10-16-24-12-4-2-5-13-24)21-11-17-25-14-6-3-7-15-25/h2-9,12-15,18-19,22H,10-11,16-17,20-21H2,1H3. The fourth-order valence-corrected chi connectivity index (χ4v) is 4.14. The summed E-state index contributed by atoms with van der Waals surface area (Å²) in [5, 5.41) is 1.25. The molecule has 0 unspecified atom stereocenters. The Hall–Kier alpha value is -3.13. The highest BCUT2D eigenvalue weighted by Crippen LogP contribution is 2.27. The molecule has 0 saturated carbocycles. The average molecular weight is 395 g/mol. The minimum absolute atomic E-state index is 1.05. The van der Waals surface area contributed by atoms with E-state index < -0.39 is 0 Å². The maximum atomic E-state index is 4.75. The average Bonchev–Trinajstić information content (AvgIpc) is 2.79. The zero-order chi connectivity index (χ0) is 20.6. The largest absolute Gasteiger partial charge is 0.371 e. The number of pyridine rings is 1. The van der Waals surface area contributed by atoms with Crippen LogP contribution in [0.1, 0.15) is 29.7 Å². The highest BCUT2D eigenvalue weighted by atomic mass is 15.1. The number of benzene rings is 3. The summed E-state index contributed by atoms with van der Waals surface area (Å²) in [7, 11) is 0. The molecule has 4 aromatic rings. The highest BCUT2D eigenvalue weighted by Gasteiger charge is 2.12. The quantitative estimate of drug-likeness (QED) is 0.317. The van der Waals surface area contributed by atoms with E-state index in [2.05, 4.69) is 103 Å². The first-order chi connectivity index (χ1) is 14.8. The lowest BCUT2D eigenvalue weighted by Gasteiger charge is -2.27. The van der Waals surface area contributed by atoms with Gasteiger partial charge in [-0.3, -0.25) is 4.98 Å². The summed E-state index contributed by atoms with van der Waals surface area (Å²) in [5.41, 5.74) is 6.32. The van der Waals surface area contributed by atoms with Gasteiger partial charge in [-0.2, -0.15) is 0 Å². The second kappa shape index (κ2) is 10.1. The van der Waals surface area contributed by atoms with Crippen LogP contribution in [-0.2, 0) is 12.8 Å². The van der Waals surface area contributed by atoms with Crippen LogP contribution in [0.4, 0.5) is 5.69 Å². The van der Waals surface area contributed by atoms with Crippen LogP contribution in [0.5, 0.6) is 0 Å². The predicted molar refractivity (Wildman–Crippen MR) is 128 cm³/mol. The molecule has 0 aliphatic rings. The number of hydrogen-bond donors (Lipinski definition) is 0. The van der Waals surface area contributed by atoms with Gasteiger partial charge in [-0.15, -0.1) is 0 Å². The van der Waals surface area contributed by atoms with Gasteiger partial charge in [0.05, 0.1) is 5.52 Å². The van der Waals surface area contributed by atoms with Gasteiger partial charge in [0.1, 0.15) is 0 Å². The van der Waals surface area contributed by atoms with Gasteiger partial charge in [0.15, 0.2) is 0 Å². The maximum absolute atomic E-state index is 4.75. The fraction of sp³-hybridized carbons (Fsp3) is 0.250. The Labute approximate surface area is 180 Å². The second-order valence-electron chi connectivity index (χ2n) is 7.97. The number of nitrogens with zero attached hydrogens (tertiary/aromatic N) is 2. The summed E-state index contributed by atoms with van der Waals surface area (Å²) >= 11 is 0. The molecule has 30 heavy (non-hydrogen) atoms. The summed E-state index contributed by atoms with van der Waals surface area (Å²) < 4.78 is 0. The summed E-state index contributed by atoms with van der Waals surface area (Å²) in [6, 6.07) is 32.4. The third-order valence-electron chi connectivity index (χ3n) is 5.64. The van der Waals surface area contributed by atoms with E-state index in [0.717, 1.165) is 50.0 Å². The third kappa shape index (κ3) is 5.27.